The fourth-order valence-corrected chi connectivity index (χ4v) is 5.62. The summed E-state index contributed by atoms with van der Waals surface area (Å²) in [7, 11) is 4.82. The van der Waals surface area contributed by atoms with Gasteiger partial charge in [-0.15, -0.1) is 11.3 Å². The van der Waals surface area contributed by atoms with Gasteiger partial charge in [0.2, 0.25) is 0 Å². The van der Waals surface area contributed by atoms with Crippen LogP contribution in [-0.2, 0) is 17.8 Å². The maximum atomic E-state index is 12.4. The number of ether oxygens (including phenoxy) is 3. The molecule has 0 bridgehead atoms. The molecule has 0 aliphatic carbocycles. The number of aromatic amines is 1. The molecule has 0 spiro atoms. The maximum Gasteiger partial charge on any atom is 0.325 e. The van der Waals surface area contributed by atoms with Crippen molar-refractivity contribution in [1.82, 2.24) is 14.9 Å². The minimum Gasteiger partial charge on any atom is -0.497 e. The number of hydrogen-bond acceptors (Lipinski definition) is 7. The standard InChI is InChI=1S/C25H25N3O5S/c1-31-15-5-6-18-16(11-15)17(12-26-18)23(25(29)30)28-9-8-19-22(13-28)34-24(27-19)14-4-7-20(32-2)21(10-14)33-3/h4-7,10-12,23,26H,8-9,13H2,1-3H3,(H,29,30). The van der Waals surface area contributed by atoms with Crippen molar-refractivity contribution in [3.8, 4) is 27.8 Å². The van der Waals surface area contributed by atoms with E-state index in [1.54, 1.807) is 38.9 Å². The van der Waals surface area contributed by atoms with Gasteiger partial charge < -0.3 is 24.3 Å². The van der Waals surface area contributed by atoms with E-state index in [1.165, 1.54) is 0 Å². The van der Waals surface area contributed by atoms with Crippen LogP contribution in [0.25, 0.3) is 21.5 Å². The third-order valence-corrected chi connectivity index (χ3v) is 7.34. The lowest BCUT2D eigenvalue weighted by Gasteiger charge is -2.31. The third kappa shape index (κ3) is 3.86. The molecule has 176 valence electrons. The molecule has 1 aliphatic heterocycles. The second kappa shape index (κ2) is 9.00. The van der Waals surface area contributed by atoms with Crippen molar-refractivity contribution in [2.24, 2.45) is 0 Å². The van der Waals surface area contributed by atoms with E-state index in [9.17, 15) is 9.90 Å². The van der Waals surface area contributed by atoms with Crippen LogP contribution in [0, 0.1) is 0 Å². The third-order valence-electron chi connectivity index (χ3n) is 6.21. The van der Waals surface area contributed by atoms with Crippen molar-refractivity contribution in [2.75, 3.05) is 27.9 Å². The lowest BCUT2D eigenvalue weighted by molar-refractivity contribution is -0.144. The Morgan fingerprint density at radius 1 is 1.12 bits per heavy atom. The molecule has 5 rings (SSSR count). The lowest BCUT2D eigenvalue weighted by Crippen LogP contribution is -2.37. The van der Waals surface area contributed by atoms with Crippen molar-refractivity contribution in [1.29, 1.82) is 0 Å². The van der Waals surface area contributed by atoms with Gasteiger partial charge in [0, 0.05) is 52.6 Å². The number of methoxy groups -OCH3 is 3. The van der Waals surface area contributed by atoms with E-state index >= 15 is 0 Å². The Balaban J connectivity index is 1.46. The molecule has 0 fully saturated rings. The molecule has 1 atom stereocenters. The Labute approximate surface area is 200 Å². The normalized spacial score (nSPS) is 14.6. The quantitative estimate of drug-likeness (QED) is 0.403. The Bertz CT molecular complexity index is 1360. The lowest BCUT2D eigenvalue weighted by atomic mass is 10.0. The summed E-state index contributed by atoms with van der Waals surface area (Å²) in [4.78, 5) is 23.6. The average Bonchev–Trinajstić information content (AvgIpc) is 3.47. The summed E-state index contributed by atoms with van der Waals surface area (Å²) in [5, 5.41) is 11.9. The molecule has 34 heavy (non-hydrogen) atoms. The summed E-state index contributed by atoms with van der Waals surface area (Å²) in [6.45, 7) is 1.13. The molecule has 1 unspecified atom stereocenters. The molecular weight excluding hydrogens is 454 g/mol. The number of nitrogens with one attached hydrogen (secondary N) is 1. The van der Waals surface area contributed by atoms with Gasteiger partial charge in [0.1, 0.15) is 16.8 Å². The van der Waals surface area contributed by atoms with Gasteiger partial charge in [0.05, 0.1) is 27.0 Å². The van der Waals surface area contributed by atoms with Crippen LogP contribution < -0.4 is 14.2 Å². The highest BCUT2D eigenvalue weighted by Crippen LogP contribution is 2.39. The molecule has 8 nitrogen and oxygen atoms in total. The van der Waals surface area contributed by atoms with E-state index < -0.39 is 12.0 Å². The first kappa shape index (κ1) is 22.2. The monoisotopic (exact) mass is 479 g/mol. The van der Waals surface area contributed by atoms with E-state index in [0.29, 0.717) is 36.8 Å². The van der Waals surface area contributed by atoms with Crippen molar-refractivity contribution in [3.63, 3.8) is 0 Å². The Morgan fingerprint density at radius 2 is 1.94 bits per heavy atom. The van der Waals surface area contributed by atoms with Crippen molar-refractivity contribution >= 4 is 28.2 Å². The number of thiazole rings is 1. The van der Waals surface area contributed by atoms with Gasteiger partial charge in [-0.2, -0.15) is 0 Å². The topological polar surface area (TPSA) is 96.9 Å². The van der Waals surface area contributed by atoms with E-state index in [0.717, 1.165) is 37.6 Å². The molecule has 9 heteroatoms. The van der Waals surface area contributed by atoms with E-state index in [-0.39, 0.29) is 0 Å². The Kier molecular flexibility index (Phi) is 5.89. The summed E-state index contributed by atoms with van der Waals surface area (Å²) in [5.41, 5.74) is 3.58. The molecule has 1 aliphatic rings. The number of H-pyrrole nitrogens is 1. The van der Waals surface area contributed by atoms with Gasteiger partial charge in [-0.1, -0.05) is 0 Å². The van der Waals surface area contributed by atoms with Crippen molar-refractivity contribution in [2.45, 2.75) is 19.0 Å². The fraction of sp³-hybridized carbons (Fsp3) is 0.280. The van der Waals surface area contributed by atoms with Gasteiger partial charge in [-0.05, 0) is 36.4 Å². The zero-order chi connectivity index (χ0) is 23.8. The number of hydrogen-bond donors (Lipinski definition) is 2. The van der Waals surface area contributed by atoms with Gasteiger partial charge in [-0.3, -0.25) is 9.69 Å². The zero-order valence-corrected chi connectivity index (χ0v) is 19.9. The van der Waals surface area contributed by atoms with Crippen LogP contribution in [-0.4, -0.2) is 53.8 Å². The summed E-state index contributed by atoms with van der Waals surface area (Å²) < 4.78 is 16.1. The summed E-state index contributed by atoms with van der Waals surface area (Å²) in [6.07, 6.45) is 2.48. The molecule has 0 amide bonds. The molecule has 0 radical (unpaired) electrons. The summed E-state index contributed by atoms with van der Waals surface area (Å²) in [6, 6.07) is 10.6. The van der Waals surface area contributed by atoms with Gasteiger partial charge in [0.25, 0.3) is 0 Å². The highest BCUT2D eigenvalue weighted by atomic mass is 32.1. The number of nitrogens with zero attached hydrogens (tertiary/aromatic N) is 2. The van der Waals surface area contributed by atoms with Crippen LogP contribution >= 0.6 is 11.3 Å². The molecule has 4 aromatic rings. The van der Waals surface area contributed by atoms with Crippen LogP contribution in [0.15, 0.2) is 42.6 Å². The largest absolute Gasteiger partial charge is 0.497 e. The Hall–Kier alpha value is -3.56. The van der Waals surface area contributed by atoms with E-state index in [2.05, 4.69) is 4.98 Å². The summed E-state index contributed by atoms with van der Waals surface area (Å²) in [5.74, 6) is 1.13. The van der Waals surface area contributed by atoms with Gasteiger partial charge in [-0.25, -0.2) is 4.98 Å². The molecule has 2 aromatic heterocycles. The first-order valence-electron chi connectivity index (χ1n) is 10.8. The highest BCUT2D eigenvalue weighted by Gasteiger charge is 2.33. The van der Waals surface area contributed by atoms with Crippen LogP contribution in [0.4, 0.5) is 0 Å². The van der Waals surface area contributed by atoms with Crippen LogP contribution in [0.5, 0.6) is 17.2 Å². The number of fused-ring (bicyclic) bond motifs is 2. The summed E-state index contributed by atoms with van der Waals surface area (Å²) >= 11 is 1.59. The van der Waals surface area contributed by atoms with E-state index in [4.69, 9.17) is 19.2 Å². The van der Waals surface area contributed by atoms with Gasteiger partial charge >= 0.3 is 5.97 Å². The SMILES string of the molecule is COc1ccc2[nH]cc(C(C(=O)O)N3CCc4nc(-c5ccc(OC)c(OC)c5)sc4C3)c2c1. The fourth-order valence-electron chi connectivity index (χ4n) is 4.49. The van der Waals surface area contributed by atoms with Crippen molar-refractivity contribution < 1.29 is 24.1 Å². The number of rotatable bonds is 7. The smallest absolute Gasteiger partial charge is 0.325 e. The van der Waals surface area contributed by atoms with Crippen LogP contribution in [0.3, 0.4) is 0 Å². The Morgan fingerprint density at radius 3 is 2.68 bits per heavy atom. The maximum absolute atomic E-state index is 12.4. The first-order valence-corrected chi connectivity index (χ1v) is 11.7. The van der Waals surface area contributed by atoms with Crippen molar-refractivity contribution in [3.05, 3.63) is 58.7 Å². The highest BCUT2D eigenvalue weighted by molar-refractivity contribution is 7.15. The minimum absolute atomic E-state index is 0.522. The first-order chi connectivity index (χ1) is 16.5. The van der Waals surface area contributed by atoms with Crippen LogP contribution in [0.1, 0.15) is 22.2 Å². The predicted molar refractivity (Wildman–Crippen MR) is 130 cm³/mol. The number of aliphatic carboxylic acids is 1. The number of benzene rings is 2. The molecule has 0 saturated carbocycles. The number of carboxylic acids is 1. The minimum atomic E-state index is -0.878. The number of carbonyl (C=O) groups is 1. The molecule has 2 aromatic carbocycles. The number of carboxylic acid groups (broad SMARTS) is 1. The second-order valence-electron chi connectivity index (χ2n) is 8.08. The van der Waals surface area contributed by atoms with E-state index in [1.807, 2.05) is 41.3 Å². The zero-order valence-electron chi connectivity index (χ0n) is 19.1. The van der Waals surface area contributed by atoms with Crippen LogP contribution in [0.2, 0.25) is 0 Å². The molecule has 2 N–H and O–H groups in total. The predicted octanol–water partition coefficient (Wildman–Crippen LogP) is 4.50. The average molecular weight is 480 g/mol. The van der Waals surface area contributed by atoms with Gasteiger partial charge in [0.15, 0.2) is 11.5 Å². The molecule has 3 heterocycles. The second-order valence-corrected chi connectivity index (χ2v) is 9.16. The molecular formula is C25H25N3O5S. The number of aromatic nitrogens is 2. The molecule has 0 saturated heterocycles.